The molecule has 0 bridgehead atoms. The summed E-state index contributed by atoms with van der Waals surface area (Å²) in [6.07, 6.45) is 1.70. The summed E-state index contributed by atoms with van der Waals surface area (Å²) in [6, 6.07) is 7.34. The third-order valence-corrected chi connectivity index (χ3v) is 6.11. The van der Waals surface area contributed by atoms with E-state index in [9.17, 15) is 26.7 Å². The van der Waals surface area contributed by atoms with Crippen LogP contribution in [0.3, 0.4) is 0 Å². The maximum atomic E-state index is 12.5. The minimum absolute atomic E-state index is 0.137. The van der Waals surface area contributed by atoms with Crippen molar-refractivity contribution in [2.45, 2.75) is 31.7 Å². The molecule has 160 valence electrons. The van der Waals surface area contributed by atoms with Crippen LogP contribution in [0.4, 0.5) is 18.9 Å². The Kier molecular flexibility index (Phi) is 5.54. The molecule has 0 aliphatic carbocycles. The van der Waals surface area contributed by atoms with Crippen LogP contribution >= 0.6 is 11.3 Å². The fraction of sp³-hybridized carbons (Fsp3) is 0.263. The molecule has 3 rings (SSSR count). The smallest absolute Gasteiger partial charge is 0.506 e. The number of rotatable bonds is 4. The van der Waals surface area contributed by atoms with Crippen LogP contribution in [-0.4, -0.2) is 29.0 Å². The van der Waals surface area contributed by atoms with Gasteiger partial charge in [0.1, 0.15) is 10.8 Å². The van der Waals surface area contributed by atoms with Crippen molar-refractivity contribution >= 4 is 27.0 Å². The molecule has 3 aromatic rings. The Morgan fingerprint density at radius 3 is 2.37 bits per heavy atom. The third kappa shape index (κ3) is 4.57. The minimum Gasteiger partial charge on any atom is -0.506 e. The molecule has 0 spiro atoms. The van der Waals surface area contributed by atoms with Gasteiger partial charge in [-0.3, -0.25) is 9.71 Å². The van der Waals surface area contributed by atoms with Crippen LogP contribution in [0.2, 0.25) is 0 Å². The highest BCUT2D eigenvalue weighted by Crippen LogP contribution is 2.35. The summed E-state index contributed by atoms with van der Waals surface area (Å²) in [5.74, 6) is -0.645. The summed E-state index contributed by atoms with van der Waals surface area (Å²) in [5.41, 5.74) is -3.52. The fourth-order valence-electron chi connectivity index (χ4n) is 2.49. The normalized spacial score (nSPS) is 12.7. The lowest BCUT2D eigenvalue weighted by Crippen LogP contribution is -2.29. The molecule has 0 saturated heterocycles. The van der Waals surface area contributed by atoms with Gasteiger partial charge in [0.25, 0.3) is 0 Å². The number of sulfonamides is 1. The number of alkyl halides is 3. The predicted octanol–water partition coefficient (Wildman–Crippen LogP) is 5.14. The molecule has 6 nitrogen and oxygen atoms in total. The Bertz CT molecular complexity index is 1180. The summed E-state index contributed by atoms with van der Waals surface area (Å²) in [6.45, 7) is 6.14. The number of hydrogen-bond donors (Lipinski definition) is 2. The maximum Gasteiger partial charge on any atom is 0.516 e. The van der Waals surface area contributed by atoms with Crippen molar-refractivity contribution in [2.75, 3.05) is 4.72 Å². The van der Waals surface area contributed by atoms with Gasteiger partial charge in [-0.2, -0.15) is 21.6 Å². The van der Waals surface area contributed by atoms with Crippen LogP contribution in [0.15, 0.2) is 41.9 Å². The van der Waals surface area contributed by atoms with Crippen molar-refractivity contribution in [3.8, 4) is 27.6 Å². The van der Waals surface area contributed by atoms with Crippen LogP contribution in [0.1, 0.15) is 26.5 Å². The fourth-order valence-corrected chi connectivity index (χ4v) is 3.90. The van der Waals surface area contributed by atoms with Gasteiger partial charge >= 0.3 is 15.5 Å². The summed E-state index contributed by atoms with van der Waals surface area (Å²) < 4.78 is 61.3. The number of nitrogens with zero attached hydrogens (tertiary/aromatic N) is 2. The van der Waals surface area contributed by atoms with Crippen molar-refractivity contribution in [3.05, 3.63) is 47.6 Å². The Morgan fingerprint density at radius 2 is 1.77 bits per heavy atom. The van der Waals surface area contributed by atoms with E-state index in [0.29, 0.717) is 16.3 Å². The summed E-state index contributed by atoms with van der Waals surface area (Å²) in [4.78, 5) is 8.90. The number of nitrogens with one attached hydrogen (secondary N) is 1. The molecular weight excluding hydrogens is 439 g/mol. The number of halogens is 3. The SMILES string of the molecule is CC(C)(C)c1cc(-c2nc(-c3ccc(NS(=O)(=O)C(F)(F)F)c(O)c3)cs2)ccn1. The average molecular weight is 457 g/mol. The van der Waals surface area contributed by atoms with E-state index in [1.807, 2.05) is 32.9 Å². The second-order valence-electron chi connectivity index (χ2n) is 7.50. The molecule has 11 heteroatoms. The number of aromatic hydroxyl groups is 1. The molecule has 2 aromatic heterocycles. The van der Waals surface area contributed by atoms with E-state index < -0.39 is 27.0 Å². The molecule has 0 aliphatic rings. The lowest BCUT2D eigenvalue weighted by atomic mass is 9.91. The van der Waals surface area contributed by atoms with Crippen molar-refractivity contribution in [1.82, 2.24) is 9.97 Å². The Morgan fingerprint density at radius 1 is 1.07 bits per heavy atom. The molecule has 2 N–H and O–H groups in total. The van der Waals surface area contributed by atoms with Gasteiger partial charge < -0.3 is 5.11 Å². The second kappa shape index (κ2) is 7.55. The highest BCUT2D eigenvalue weighted by Gasteiger charge is 2.46. The van der Waals surface area contributed by atoms with Gasteiger partial charge in [-0.05, 0) is 24.3 Å². The van der Waals surface area contributed by atoms with E-state index in [1.54, 1.807) is 11.6 Å². The van der Waals surface area contributed by atoms with Gasteiger partial charge in [-0.25, -0.2) is 4.98 Å². The molecule has 0 saturated carbocycles. The number of pyridine rings is 1. The molecule has 30 heavy (non-hydrogen) atoms. The molecule has 0 aliphatic heterocycles. The number of phenolic OH excluding ortho intramolecular Hbond substituents is 1. The summed E-state index contributed by atoms with van der Waals surface area (Å²) >= 11 is 1.36. The quantitative estimate of drug-likeness (QED) is 0.530. The van der Waals surface area contributed by atoms with Crippen molar-refractivity contribution in [2.24, 2.45) is 0 Å². The largest absolute Gasteiger partial charge is 0.516 e. The van der Waals surface area contributed by atoms with Crippen molar-refractivity contribution < 1.29 is 26.7 Å². The van der Waals surface area contributed by atoms with E-state index in [1.165, 1.54) is 22.1 Å². The first-order chi connectivity index (χ1) is 13.8. The molecule has 0 unspecified atom stereocenters. The molecular formula is C19H18F3N3O3S2. The average Bonchev–Trinajstić information content (AvgIpc) is 3.12. The molecule has 0 radical (unpaired) electrons. The van der Waals surface area contributed by atoms with Gasteiger partial charge in [0.15, 0.2) is 0 Å². The number of thiazole rings is 1. The minimum atomic E-state index is -5.63. The highest BCUT2D eigenvalue weighted by atomic mass is 32.2. The van der Waals surface area contributed by atoms with Gasteiger partial charge in [-0.15, -0.1) is 11.3 Å². The first-order valence-electron chi connectivity index (χ1n) is 8.63. The van der Waals surface area contributed by atoms with Gasteiger partial charge in [-0.1, -0.05) is 26.8 Å². The van der Waals surface area contributed by atoms with Gasteiger partial charge in [0, 0.05) is 33.8 Å². The zero-order chi connectivity index (χ0) is 22.3. The number of benzene rings is 1. The Labute approximate surface area is 175 Å². The van der Waals surface area contributed by atoms with Gasteiger partial charge in [0.05, 0.1) is 11.4 Å². The monoisotopic (exact) mass is 457 g/mol. The standard InChI is InChI=1S/C19H18F3N3O3S2/c1-18(2,3)16-9-12(6-7-23-16)17-24-14(10-29-17)11-4-5-13(15(26)8-11)25-30(27,28)19(20,21)22/h4-10,25-26H,1-3H3. The van der Waals surface area contributed by atoms with E-state index >= 15 is 0 Å². The first kappa shape index (κ1) is 22.0. The Balaban J connectivity index is 1.89. The first-order valence-corrected chi connectivity index (χ1v) is 11.0. The van der Waals surface area contributed by atoms with E-state index in [0.717, 1.165) is 23.4 Å². The lowest BCUT2D eigenvalue weighted by Gasteiger charge is -2.17. The molecule has 1 aromatic carbocycles. The zero-order valence-electron chi connectivity index (χ0n) is 16.1. The molecule has 2 heterocycles. The number of phenols is 1. The molecule has 0 amide bonds. The van der Waals surface area contributed by atoms with E-state index in [-0.39, 0.29) is 5.41 Å². The van der Waals surface area contributed by atoms with Crippen LogP contribution in [0.5, 0.6) is 5.75 Å². The lowest BCUT2D eigenvalue weighted by molar-refractivity contribution is -0.0429. The summed E-state index contributed by atoms with van der Waals surface area (Å²) in [7, 11) is -5.63. The van der Waals surface area contributed by atoms with Crippen molar-refractivity contribution in [1.29, 1.82) is 0 Å². The van der Waals surface area contributed by atoms with Crippen LogP contribution in [0.25, 0.3) is 21.8 Å². The Hall–Kier alpha value is -2.66. The van der Waals surface area contributed by atoms with Gasteiger partial charge in [0.2, 0.25) is 0 Å². The van der Waals surface area contributed by atoms with Crippen LogP contribution < -0.4 is 4.72 Å². The number of hydrogen-bond acceptors (Lipinski definition) is 6. The maximum absolute atomic E-state index is 12.5. The van der Waals surface area contributed by atoms with Crippen LogP contribution in [0, 0.1) is 0 Å². The summed E-state index contributed by atoms with van der Waals surface area (Å²) in [5, 5.41) is 12.4. The highest BCUT2D eigenvalue weighted by molar-refractivity contribution is 7.93. The zero-order valence-corrected chi connectivity index (χ0v) is 17.8. The molecule has 0 fully saturated rings. The predicted molar refractivity (Wildman–Crippen MR) is 110 cm³/mol. The topological polar surface area (TPSA) is 92.2 Å². The molecule has 0 atom stereocenters. The van der Waals surface area contributed by atoms with E-state index in [4.69, 9.17) is 0 Å². The number of anilines is 1. The van der Waals surface area contributed by atoms with Crippen molar-refractivity contribution in [3.63, 3.8) is 0 Å². The van der Waals surface area contributed by atoms with E-state index in [2.05, 4.69) is 9.97 Å². The number of aromatic nitrogens is 2. The second-order valence-corrected chi connectivity index (χ2v) is 10.0. The van der Waals surface area contributed by atoms with Crippen LogP contribution in [-0.2, 0) is 15.4 Å². The third-order valence-electron chi connectivity index (χ3n) is 4.12.